The lowest BCUT2D eigenvalue weighted by atomic mass is 9.96. The van der Waals surface area contributed by atoms with E-state index in [0.717, 1.165) is 17.7 Å². The zero-order valence-electron chi connectivity index (χ0n) is 17.4. The number of ether oxygens (including phenoxy) is 1. The molecule has 0 aromatic heterocycles. The van der Waals surface area contributed by atoms with Crippen LogP contribution >= 0.6 is 24.0 Å². The van der Waals surface area contributed by atoms with Crippen molar-refractivity contribution in [2.75, 3.05) is 26.7 Å². The summed E-state index contributed by atoms with van der Waals surface area (Å²) in [7, 11) is 1.73. The molecule has 1 aromatic carbocycles. The zero-order chi connectivity index (χ0) is 19.6. The average molecular weight is 490 g/mol. The maximum Gasteiger partial charge on any atom is 0.225 e. The van der Waals surface area contributed by atoms with Gasteiger partial charge in [-0.3, -0.25) is 9.79 Å². The van der Waals surface area contributed by atoms with Crippen LogP contribution in [0.5, 0.6) is 5.75 Å². The van der Waals surface area contributed by atoms with Crippen LogP contribution in [0.25, 0.3) is 0 Å². The third-order valence-electron chi connectivity index (χ3n) is 3.74. The molecule has 0 aliphatic rings. The van der Waals surface area contributed by atoms with Gasteiger partial charge in [0.05, 0.1) is 6.61 Å². The van der Waals surface area contributed by atoms with Crippen molar-refractivity contribution >= 4 is 35.8 Å². The quantitative estimate of drug-likeness (QED) is 0.227. The van der Waals surface area contributed by atoms with E-state index in [0.29, 0.717) is 32.2 Å². The molecule has 0 bridgehead atoms. The SMILES string of the molecule is CCCOc1cc(C)ccc1CNC(=NC)NCCNC(=O)C(C)(C)C.I. The number of nitrogens with zero attached hydrogens (tertiary/aromatic N) is 1. The molecule has 0 heterocycles. The number of aliphatic imine (C=N–C) groups is 1. The van der Waals surface area contributed by atoms with Crippen molar-refractivity contribution < 1.29 is 9.53 Å². The van der Waals surface area contributed by atoms with Gasteiger partial charge in [0.1, 0.15) is 5.75 Å². The van der Waals surface area contributed by atoms with E-state index in [1.165, 1.54) is 5.56 Å². The van der Waals surface area contributed by atoms with Crippen LogP contribution in [-0.4, -0.2) is 38.6 Å². The molecule has 0 fully saturated rings. The van der Waals surface area contributed by atoms with Gasteiger partial charge in [-0.05, 0) is 25.0 Å². The van der Waals surface area contributed by atoms with Gasteiger partial charge >= 0.3 is 0 Å². The molecule has 154 valence electrons. The van der Waals surface area contributed by atoms with E-state index in [1.807, 2.05) is 20.8 Å². The minimum absolute atomic E-state index is 0. The highest BCUT2D eigenvalue weighted by Gasteiger charge is 2.20. The van der Waals surface area contributed by atoms with E-state index >= 15 is 0 Å². The molecule has 0 aliphatic carbocycles. The molecule has 1 rings (SSSR count). The lowest BCUT2D eigenvalue weighted by Crippen LogP contribution is -2.43. The van der Waals surface area contributed by atoms with E-state index in [2.05, 4.69) is 53.0 Å². The molecule has 0 unspecified atom stereocenters. The fourth-order valence-electron chi connectivity index (χ4n) is 2.18. The smallest absolute Gasteiger partial charge is 0.225 e. The van der Waals surface area contributed by atoms with Crippen LogP contribution in [0.3, 0.4) is 0 Å². The molecule has 0 spiro atoms. The first-order valence-electron chi connectivity index (χ1n) is 9.23. The number of nitrogens with one attached hydrogen (secondary N) is 3. The minimum atomic E-state index is -0.375. The van der Waals surface area contributed by atoms with Crippen molar-refractivity contribution in [3.8, 4) is 5.75 Å². The second kappa shape index (κ2) is 12.8. The summed E-state index contributed by atoms with van der Waals surface area (Å²) >= 11 is 0. The van der Waals surface area contributed by atoms with Crippen molar-refractivity contribution in [3.63, 3.8) is 0 Å². The van der Waals surface area contributed by atoms with Gasteiger partial charge in [-0.1, -0.05) is 39.8 Å². The molecule has 7 heteroatoms. The predicted octanol–water partition coefficient (Wildman–Crippen LogP) is 3.23. The third kappa shape index (κ3) is 9.83. The average Bonchev–Trinajstić information content (AvgIpc) is 2.59. The van der Waals surface area contributed by atoms with Crippen LogP contribution in [0.1, 0.15) is 45.2 Å². The lowest BCUT2D eigenvalue weighted by Gasteiger charge is -2.18. The highest BCUT2D eigenvalue weighted by Crippen LogP contribution is 2.20. The normalized spacial score (nSPS) is 11.4. The van der Waals surface area contributed by atoms with E-state index in [4.69, 9.17) is 4.74 Å². The summed E-state index contributed by atoms with van der Waals surface area (Å²) in [4.78, 5) is 16.1. The topological polar surface area (TPSA) is 74.8 Å². The number of benzene rings is 1. The number of guanidine groups is 1. The highest BCUT2D eigenvalue weighted by atomic mass is 127. The Morgan fingerprint density at radius 3 is 2.41 bits per heavy atom. The van der Waals surface area contributed by atoms with Crippen molar-refractivity contribution in [3.05, 3.63) is 29.3 Å². The Bertz CT molecular complexity index is 612. The number of amides is 1. The van der Waals surface area contributed by atoms with Gasteiger partial charge in [0.15, 0.2) is 5.96 Å². The number of hydrogen-bond donors (Lipinski definition) is 3. The first-order chi connectivity index (χ1) is 12.3. The molecule has 0 aliphatic heterocycles. The van der Waals surface area contributed by atoms with Crippen LogP contribution < -0.4 is 20.7 Å². The van der Waals surface area contributed by atoms with Crippen molar-refractivity contribution in [2.24, 2.45) is 10.4 Å². The Kier molecular flexibility index (Phi) is 12.1. The standard InChI is InChI=1S/C20H34N4O2.HI/c1-7-12-26-17-13-15(2)8-9-16(17)14-24-19(21-6)23-11-10-22-18(25)20(3,4)5;/h8-9,13H,7,10-12,14H2,1-6H3,(H,22,25)(H2,21,23,24);1H. The van der Waals surface area contributed by atoms with Crippen LogP contribution in [0.4, 0.5) is 0 Å². The maximum atomic E-state index is 11.8. The Morgan fingerprint density at radius 2 is 1.81 bits per heavy atom. The minimum Gasteiger partial charge on any atom is -0.493 e. The number of halogens is 1. The van der Waals surface area contributed by atoms with E-state index in [1.54, 1.807) is 7.05 Å². The van der Waals surface area contributed by atoms with Gasteiger partial charge in [0, 0.05) is 37.7 Å². The lowest BCUT2D eigenvalue weighted by molar-refractivity contribution is -0.128. The molecule has 3 N–H and O–H groups in total. The number of carbonyl (C=O) groups excluding carboxylic acids is 1. The second-order valence-electron chi connectivity index (χ2n) is 7.32. The molecule has 1 amide bonds. The number of aryl methyl sites for hydroxylation is 1. The molecule has 6 nitrogen and oxygen atoms in total. The van der Waals surface area contributed by atoms with E-state index in [9.17, 15) is 4.79 Å². The summed E-state index contributed by atoms with van der Waals surface area (Å²) in [6, 6.07) is 6.21. The monoisotopic (exact) mass is 490 g/mol. The Morgan fingerprint density at radius 1 is 1.15 bits per heavy atom. The predicted molar refractivity (Wildman–Crippen MR) is 123 cm³/mol. The van der Waals surface area contributed by atoms with Gasteiger partial charge in [-0.25, -0.2) is 0 Å². The second-order valence-corrected chi connectivity index (χ2v) is 7.32. The summed E-state index contributed by atoms with van der Waals surface area (Å²) < 4.78 is 5.84. The van der Waals surface area contributed by atoms with Crippen molar-refractivity contribution in [2.45, 2.75) is 47.6 Å². The molecule has 0 radical (unpaired) electrons. The van der Waals surface area contributed by atoms with E-state index < -0.39 is 0 Å². The molecular formula is C20H35IN4O2. The summed E-state index contributed by atoms with van der Waals surface area (Å²) in [5.74, 6) is 1.64. The maximum absolute atomic E-state index is 11.8. The first-order valence-corrected chi connectivity index (χ1v) is 9.23. The number of hydrogen-bond acceptors (Lipinski definition) is 3. The van der Waals surface area contributed by atoms with E-state index in [-0.39, 0.29) is 35.3 Å². The zero-order valence-corrected chi connectivity index (χ0v) is 19.8. The van der Waals surface area contributed by atoms with Crippen molar-refractivity contribution in [1.29, 1.82) is 0 Å². The van der Waals surface area contributed by atoms with Gasteiger partial charge < -0.3 is 20.7 Å². The summed E-state index contributed by atoms with van der Waals surface area (Å²) in [5, 5.41) is 9.40. The Balaban J connectivity index is 0.00000676. The van der Waals surface area contributed by atoms with Gasteiger partial charge in [-0.2, -0.15) is 0 Å². The molecule has 0 atom stereocenters. The largest absolute Gasteiger partial charge is 0.493 e. The fraction of sp³-hybridized carbons (Fsp3) is 0.600. The summed E-state index contributed by atoms with van der Waals surface area (Å²) in [6.45, 7) is 12.3. The molecular weight excluding hydrogens is 455 g/mol. The molecule has 0 saturated carbocycles. The van der Waals surface area contributed by atoms with Gasteiger partial charge in [-0.15, -0.1) is 24.0 Å². The van der Waals surface area contributed by atoms with Crippen LogP contribution in [0.2, 0.25) is 0 Å². The van der Waals surface area contributed by atoms with Gasteiger partial charge in [0.2, 0.25) is 5.91 Å². The van der Waals surface area contributed by atoms with Crippen LogP contribution in [-0.2, 0) is 11.3 Å². The first kappa shape index (κ1) is 25.5. The third-order valence-corrected chi connectivity index (χ3v) is 3.74. The Labute approximate surface area is 181 Å². The molecule has 27 heavy (non-hydrogen) atoms. The molecule has 0 saturated heterocycles. The number of carbonyl (C=O) groups is 1. The molecule has 1 aromatic rings. The Hall–Kier alpha value is -1.51. The highest BCUT2D eigenvalue weighted by molar-refractivity contribution is 14.0. The van der Waals surface area contributed by atoms with Crippen LogP contribution in [0, 0.1) is 12.3 Å². The van der Waals surface area contributed by atoms with Crippen LogP contribution in [0.15, 0.2) is 23.2 Å². The number of rotatable bonds is 8. The van der Waals surface area contributed by atoms with Crippen molar-refractivity contribution in [1.82, 2.24) is 16.0 Å². The van der Waals surface area contributed by atoms with Gasteiger partial charge in [0.25, 0.3) is 0 Å². The summed E-state index contributed by atoms with van der Waals surface area (Å²) in [6.07, 6.45) is 0.977. The summed E-state index contributed by atoms with van der Waals surface area (Å²) in [5.41, 5.74) is 1.89. The fourth-order valence-corrected chi connectivity index (χ4v) is 2.18.